The fraction of sp³-hybridized carbons (Fsp3) is 0.385. The molecule has 0 fully saturated rings. The Kier molecular flexibility index (Phi) is 3.91. The lowest BCUT2D eigenvalue weighted by atomic mass is 10.0. The molecule has 0 saturated carbocycles. The van der Waals surface area contributed by atoms with Crippen molar-refractivity contribution in [3.05, 3.63) is 28.5 Å². The van der Waals surface area contributed by atoms with Crippen LogP contribution in [0.2, 0.25) is 0 Å². The van der Waals surface area contributed by atoms with Crippen molar-refractivity contribution in [2.75, 3.05) is 12.8 Å². The number of nitrogens with two attached hydrogens (primary N) is 1. The molecule has 1 aromatic heterocycles. The molecule has 2 aromatic rings. The fourth-order valence-electron chi connectivity index (χ4n) is 1.61. The second-order valence-electron chi connectivity index (χ2n) is 4.45. The van der Waals surface area contributed by atoms with E-state index < -0.39 is 5.60 Å². The van der Waals surface area contributed by atoms with Crippen LogP contribution in [0.1, 0.15) is 26.1 Å². The molecule has 0 radical (unpaired) electrons. The SMILES string of the molecule is CCC(C)(OC)c1noc(-c2ccc(N)c(Br)c2)n1. The molecule has 0 bridgehead atoms. The van der Waals surface area contributed by atoms with Crippen LogP contribution in [-0.2, 0) is 10.3 Å². The van der Waals surface area contributed by atoms with Crippen LogP contribution in [0.15, 0.2) is 27.2 Å². The van der Waals surface area contributed by atoms with Crippen molar-refractivity contribution in [1.29, 1.82) is 0 Å². The molecule has 0 spiro atoms. The van der Waals surface area contributed by atoms with Crippen molar-refractivity contribution in [3.63, 3.8) is 0 Å². The van der Waals surface area contributed by atoms with Crippen molar-refractivity contribution in [2.45, 2.75) is 25.9 Å². The Balaban J connectivity index is 2.38. The van der Waals surface area contributed by atoms with E-state index in [2.05, 4.69) is 26.1 Å². The van der Waals surface area contributed by atoms with Crippen molar-refractivity contribution in [3.8, 4) is 11.5 Å². The number of nitrogens with zero attached hydrogens (tertiary/aromatic N) is 2. The Morgan fingerprint density at radius 2 is 2.21 bits per heavy atom. The monoisotopic (exact) mass is 325 g/mol. The van der Waals surface area contributed by atoms with Gasteiger partial charge < -0.3 is 15.0 Å². The van der Waals surface area contributed by atoms with Gasteiger partial charge in [-0.05, 0) is 47.5 Å². The second-order valence-corrected chi connectivity index (χ2v) is 5.30. The van der Waals surface area contributed by atoms with Crippen LogP contribution in [-0.4, -0.2) is 17.3 Å². The van der Waals surface area contributed by atoms with Crippen molar-refractivity contribution in [2.24, 2.45) is 0 Å². The first-order valence-corrected chi connectivity index (χ1v) is 6.74. The zero-order chi connectivity index (χ0) is 14.0. The fourth-order valence-corrected chi connectivity index (χ4v) is 1.99. The van der Waals surface area contributed by atoms with Gasteiger partial charge in [0.15, 0.2) is 0 Å². The van der Waals surface area contributed by atoms with Gasteiger partial charge in [-0.2, -0.15) is 4.98 Å². The van der Waals surface area contributed by atoms with Gasteiger partial charge in [-0.3, -0.25) is 0 Å². The van der Waals surface area contributed by atoms with E-state index in [-0.39, 0.29) is 0 Å². The van der Waals surface area contributed by atoms with Crippen LogP contribution in [0, 0.1) is 0 Å². The van der Waals surface area contributed by atoms with E-state index in [1.54, 1.807) is 13.2 Å². The molecule has 2 N–H and O–H groups in total. The number of ether oxygens (including phenoxy) is 1. The predicted molar refractivity (Wildman–Crippen MR) is 76.5 cm³/mol. The molecule has 1 atom stereocenters. The first-order valence-electron chi connectivity index (χ1n) is 5.95. The third-order valence-electron chi connectivity index (χ3n) is 3.27. The van der Waals surface area contributed by atoms with Crippen LogP contribution in [0.4, 0.5) is 5.69 Å². The van der Waals surface area contributed by atoms with Gasteiger partial charge in [0, 0.05) is 22.8 Å². The molecule has 1 heterocycles. The Labute approximate surface area is 120 Å². The largest absolute Gasteiger partial charge is 0.398 e. The molecule has 0 aliphatic rings. The lowest BCUT2D eigenvalue weighted by Crippen LogP contribution is -2.24. The Bertz CT molecular complexity index is 579. The number of hydrogen-bond acceptors (Lipinski definition) is 5. The molecule has 102 valence electrons. The Hall–Kier alpha value is -1.40. The number of halogens is 1. The topological polar surface area (TPSA) is 74.2 Å². The maximum Gasteiger partial charge on any atom is 0.258 e. The highest BCUT2D eigenvalue weighted by atomic mass is 79.9. The molecular formula is C13H16BrN3O2. The normalized spacial score (nSPS) is 14.3. The van der Waals surface area contributed by atoms with Crippen LogP contribution < -0.4 is 5.73 Å². The zero-order valence-corrected chi connectivity index (χ0v) is 12.7. The number of anilines is 1. The van der Waals surface area contributed by atoms with Gasteiger partial charge in [0.25, 0.3) is 5.89 Å². The summed E-state index contributed by atoms with van der Waals surface area (Å²) in [4.78, 5) is 4.40. The van der Waals surface area contributed by atoms with E-state index in [0.717, 1.165) is 16.5 Å². The van der Waals surface area contributed by atoms with E-state index in [1.807, 2.05) is 26.0 Å². The van der Waals surface area contributed by atoms with Gasteiger partial charge in [0.2, 0.25) is 5.82 Å². The highest BCUT2D eigenvalue weighted by Crippen LogP contribution is 2.30. The van der Waals surface area contributed by atoms with Gasteiger partial charge in [0.05, 0.1) is 0 Å². The lowest BCUT2D eigenvalue weighted by molar-refractivity contribution is -0.0106. The molecule has 0 amide bonds. The summed E-state index contributed by atoms with van der Waals surface area (Å²) in [5, 5.41) is 4.00. The van der Waals surface area contributed by atoms with Gasteiger partial charge in [0.1, 0.15) is 5.60 Å². The molecular weight excluding hydrogens is 310 g/mol. The second kappa shape index (κ2) is 5.30. The minimum absolute atomic E-state index is 0.451. The summed E-state index contributed by atoms with van der Waals surface area (Å²) in [7, 11) is 1.64. The number of nitrogen functional groups attached to an aromatic ring is 1. The summed E-state index contributed by atoms with van der Waals surface area (Å²) in [6, 6.07) is 5.48. The molecule has 1 aromatic carbocycles. The zero-order valence-electron chi connectivity index (χ0n) is 11.1. The summed E-state index contributed by atoms with van der Waals surface area (Å²) in [5.41, 5.74) is 6.70. The van der Waals surface area contributed by atoms with Crippen molar-refractivity contribution >= 4 is 21.6 Å². The molecule has 2 rings (SSSR count). The van der Waals surface area contributed by atoms with Crippen molar-refractivity contribution < 1.29 is 9.26 Å². The van der Waals surface area contributed by atoms with Gasteiger partial charge in [-0.15, -0.1) is 0 Å². The number of aromatic nitrogens is 2. The van der Waals surface area contributed by atoms with Crippen LogP contribution in [0.25, 0.3) is 11.5 Å². The first kappa shape index (κ1) is 14.0. The molecule has 0 aliphatic heterocycles. The van der Waals surface area contributed by atoms with Gasteiger partial charge >= 0.3 is 0 Å². The molecule has 19 heavy (non-hydrogen) atoms. The summed E-state index contributed by atoms with van der Waals surface area (Å²) < 4.78 is 11.5. The predicted octanol–water partition coefficient (Wildman–Crippen LogP) is 3.35. The number of benzene rings is 1. The molecule has 6 heteroatoms. The van der Waals surface area contributed by atoms with E-state index in [0.29, 0.717) is 17.4 Å². The minimum atomic E-state index is -0.535. The molecule has 0 saturated heterocycles. The number of rotatable bonds is 4. The van der Waals surface area contributed by atoms with Crippen LogP contribution in [0.3, 0.4) is 0 Å². The Morgan fingerprint density at radius 1 is 1.47 bits per heavy atom. The van der Waals surface area contributed by atoms with Gasteiger partial charge in [-0.25, -0.2) is 0 Å². The van der Waals surface area contributed by atoms with Gasteiger partial charge in [-0.1, -0.05) is 12.1 Å². The summed E-state index contributed by atoms with van der Waals surface area (Å²) in [6.07, 6.45) is 0.758. The minimum Gasteiger partial charge on any atom is -0.398 e. The van der Waals surface area contributed by atoms with E-state index in [9.17, 15) is 0 Å². The number of methoxy groups -OCH3 is 1. The molecule has 1 unspecified atom stereocenters. The summed E-state index contributed by atoms with van der Waals surface area (Å²) in [5.74, 6) is 0.993. The highest BCUT2D eigenvalue weighted by molar-refractivity contribution is 9.10. The first-order chi connectivity index (χ1) is 9.00. The van der Waals surface area contributed by atoms with Crippen molar-refractivity contribution in [1.82, 2.24) is 10.1 Å². The molecule has 0 aliphatic carbocycles. The maximum atomic E-state index is 5.75. The third-order valence-corrected chi connectivity index (χ3v) is 3.96. The maximum absolute atomic E-state index is 5.75. The summed E-state index contributed by atoms with van der Waals surface area (Å²) in [6.45, 7) is 3.94. The van der Waals surface area contributed by atoms with E-state index in [4.69, 9.17) is 15.0 Å². The smallest absolute Gasteiger partial charge is 0.258 e. The average Bonchev–Trinajstić information content (AvgIpc) is 2.91. The van der Waals surface area contributed by atoms with Crippen LogP contribution in [0.5, 0.6) is 0 Å². The van der Waals surface area contributed by atoms with E-state index >= 15 is 0 Å². The Morgan fingerprint density at radius 3 is 2.79 bits per heavy atom. The standard InChI is InChI=1S/C13H16BrN3O2/c1-4-13(2,18-3)12-16-11(19-17-12)8-5-6-10(15)9(14)7-8/h5-7H,4,15H2,1-3H3. The lowest BCUT2D eigenvalue weighted by Gasteiger charge is -2.21. The highest BCUT2D eigenvalue weighted by Gasteiger charge is 2.30. The van der Waals surface area contributed by atoms with Crippen LogP contribution >= 0.6 is 15.9 Å². The number of hydrogen-bond donors (Lipinski definition) is 1. The quantitative estimate of drug-likeness (QED) is 0.872. The van der Waals surface area contributed by atoms with E-state index in [1.165, 1.54) is 0 Å². The average molecular weight is 326 g/mol. The molecule has 5 nitrogen and oxygen atoms in total. The third kappa shape index (κ3) is 2.64. The summed E-state index contributed by atoms with van der Waals surface area (Å²) >= 11 is 3.38.